The molecule has 0 aliphatic rings. The Morgan fingerprint density at radius 2 is 2.00 bits per heavy atom. The average molecular weight is 300 g/mol. The van der Waals surface area contributed by atoms with Gasteiger partial charge >= 0.3 is 0 Å². The second kappa shape index (κ2) is 7.73. The number of nitrogens with one attached hydrogen (secondary N) is 2. The first-order valence-electron chi connectivity index (χ1n) is 6.68. The Balaban J connectivity index is 2.89. The molecule has 0 atom stereocenters. The molecule has 0 fully saturated rings. The van der Waals surface area contributed by atoms with Crippen LogP contribution in [0.4, 0.5) is 0 Å². The van der Waals surface area contributed by atoms with Gasteiger partial charge in [0.2, 0.25) is 10.0 Å². The van der Waals surface area contributed by atoms with Crippen LogP contribution >= 0.6 is 0 Å². The topological polar surface area (TPSA) is 67.4 Å². The highest BCUT2D eigenvalue weighted by molar-refractivity contribution is 7.89. The van der Waals surface area contributed by atoms with E-state index in [4.69, 9.17) is 4.74 Å². The number of sulfonamides is 1. The highest BCUT2D eigenvalue weighted by Gasteiger charge is 2.16. The fourth-order valence-electron chi connectivity index (χ4n) is 1.72. The molecule has 1 aromatic rings. The molecule has 0 aliphatic heterocycles. The summed E-state index contributed by atoms with van der Waals surface area (Å²) in [6.45, 7) is 7.18. The molecular formula is C14H24N2O3S. The molecule has 0 unspecified atom stereocenters. The van der Waals surface area contributed by atoms with Gasteiger partial charge in [-0.1, -0.05) is 26.0 Å². The summed E-state index contributed by atoms with van der Waals surface area (Å²) in [4.78, 5) is 0.330. The molecule has 0 aliphatic carbocycles. The van der Waals surface area contributed by atoms with Gasteiger partial charge in [0.15, 0.2) is 0 Å². The van der Waals surface area contributed by atoms with E-state index in [1.54, 1.807) is 13.0 Å². The molecule has 2 N–H and O–H groups in total. The maximum atomic E-state index is 12.2. The molecule has 114 valence electrons. The molecule has 0 bridgehead atoms. The van der Waals surface area contributed by atoms with Crippen LogP contribution in [0.15, 0.2) is 23.1 Å². The lowest BCUT2D eigenvalue weighted by molar-refractivity contribution is 0.204. The first-order chi connectivity index (χ1) is 9.36. The third kappa shape index (κ3) is 5.20. The van der Waals surface area contributed by atoms with Crippen molar-refractivity contribution >= 4 is 10.0 Å². The summed E-state index contributed by atoms with van der Waals surface area (Å²) >= 11 is 0. The second-order valence-electron chi connectivity index (χ2n) is 5.03. The first-order valence-corrected chi connectivity index (χ1v) is 8.16. The van der Waals surface area contributed by atoms with Crippen molar-refractivity contribution in [1.82, 2.24) is 10.0 Å². The van der Waals surface area contributed by atoms with E-state index in [2.05, 4.69) is 23.9 Å². The van der Waals surface area contributed by atoms with E-state index in [0.29, 0.717) is 24.1 Å². The van der Waals surface area contributed by atoms with Crippen molar-refractivity contribution in [2.45, 2.75) is 38.3 Å². The maximum Gasteiger partial charge on any atom is 0.240 e. The zero-order valence-corrected chi connectivity index (χ0v) is 13.4. The molecule has 0 spiro atoms. The van der Waals surface area contributed by atoms with Crippen LogP contribution in [0.3, 0.4) is 0 Å². The van der Waals surface area contributed by atoms with Gasteiger partial charge in [-0.05, 0) is 24.1 Å². The van der Waals surface area contributed by atoms with Crippen LogP contribution in [0.25, 0.3) is 0 Å². The fourth-order valence-corrected chi connectivity index (χ4v) is 3.03. The minimum Gasteiger partial charge on any atom is -0.383 e. The summed E-state index contributed by atoms with van der Waals surface area (Å²) in [5.41, 5.74) is 1.69. The van der Waals surface area contributed by atoms with Gasteiger partial charge in [0, 0.05) is 26.2 Å². The van der Waals surface area contributed by atoms with Crippen LogP contribution in [0.1, 0.15) is 25.0 Å². The SMILES string of the molecule is COCCNS(=O)(=O)c1cc(CNC(C)C)ccc1C. The molecule has 1 rings (SSSR count). The molecule has 1 aromatic carbocycles. The van der Waals surface area contributed by atoms with Crippen LogP contribution in [0, 0.1) is 6.92 Å². The summed E-state index contributed by atoms with van der Waals surface area (Å²) < 4.78 is 31.9. The molecule has 20 heavy (non-hydrogen) atoms. The van der Waals surface area contributed by atoms with Crippen LogP contribution in [-0.2, 0) is 21.3 Å². The van der Waals surface area contributed by atoms with Crippen LogP contribution in [0.5, 0.6) is 0 Å². The van der Waals surface area contributed by atoms with Crippen molar-refractivity contribution in [3.63, 3.8) is 0 Å². The number of benzene rings is 1. The predicted octanol–water partition coefficient (Wildman–Crippen LogP) is 1.42. The van der Waals surface area contributed by atoms with Crippen molar-refractivity contribution in [1.29, 1.82) is 0 Å². The summed E-state index contributed by atoms with van der Waals surface area (Å²) in [5, 5.41) is 3.28. The number of ether oxygens (including phenoxy) is 1. The second-order valence-corrected chi connectivity index (χ2v) is 6.76. The van der Waals surface area contributed by atoms with Gasteiger partial charge in [0.1, 0.15) is 0 Å². The zero-order valence-electron chi connectivity index (χ0n) is 12.6. The number of methoxy groups -OCH3 is 1. The van der Waals surface area contributed by atoms with Crippen LogP contribution in [-0.4, -0.2) is 34.7 Å². The highest BCUT2D eigenvalue weighted by Crippen LogP contribution is 2.17. The Morgan fingerprint density at radius 1 is 1.30 bits per heavy atom. The Morgan fingerprint density at radius 3 is 2.60 bits per heavy atom. The number of hydrogen-bond acceptors (Lipinski definition) is 4. The monoisotopic (exact) mass is 300 g/mol. The highest BCUT2D eigenvalue weighted by atomic mass is 32.2. The third-order valence-electron chi connectivity index (χ3n) is 2.85. The molecule has 0 saturated carbocycles. The molecular weight excluding hydrogens is 276 g/mol. The fraction of sp³-hybridized carbons (Fsp3) is 0.571. The lowest BCUT2D eigenvalue weighted by Gasteiger charge is -2.12. The largest absolute Gasteiger partial charge is 0.383 e. The van der Waals surface area contributed by atoms with Gasteiger partial charge in [0.05, 0.1) is 11.5 Å². The minimum absolute atomic E-state index is 0.271. The molecule has 5 nitrogen and oxygen atoms in total. The lowest BCUT2D eigenvalue weighted by atomic mass is 10.1. The van der Waals surface area contributed by atoms with Gasteiger partial charge in [-0.15, -0.1) is 0 Å². The Labute approximate surface area is 121 Å². The first kappa shape index (κ1) is 17.1. The van der Waals surface area contributed by atoms with Gasteiger partial charge in [-0.2, -0.15) is 0 Å². The maximum absolute atomic E-state index is 12.2. The average Bonchev–Trinajstić information content (AvgIpc) is 2.37. The summed E-state index contributed by atoms with van der Waals surface area (Å²) in [5.74, 6) is 0. The van der Waals surface area contributed by atoms with Crippen molar-refractivity contribution in [3.05, 3.63) is 29.3 Å². The lowest BCUT2D eigenvalue weighted by Crippen LogP contribution is -2.28. The Bertz CT molecular complexity index is 527. The number of hydrogen-bond donors (Lipinski definition) is 2. The summed E-state index contributed by atoms with van der Waals surface area (Å²) in [6, 6.07) is 5.86. The summed E-state index contributed by atoms with van der Waals surface area (Å²) in [6.07, 6.45) is 0. The Kier molecular flexibility index (Phi) is 6.61. The molecule has 0 heterocycles. The molecule has 0 aromatic heterocycles. The molecule has 6 heteroatoms. The van der Waals surface area contributed by atoms with Crippen molar-refractivity contribution < 1.29 is 13.2 Å². The van der Waals surface area contributed by atoms with Crippen molar-refractivity contribution in [2.75, 3.05) is 20.3 Å². The van der Waals surface area contributed by atoms with Gasteiger partial charge < -0.3 is 10.1 Å². The Hall–Kier alpha value is -0.950. The summed E-state index contributed by atoms with van der Waals surface area (Å²) in [7, 11) is -1.94. The quantitative estimate of drug-likeness (QED) is 0.713. The van der Waals surface area contributed by atoms with Crippen LogP contribution < -0.4 is 10.0 Å². The van der Waals surface area contributed by atoms with Gasteiger partial charge in [-0.3, -0.25) is 0 Å². The molecule has 0 amide bonds. The van der Waals surface area contributed by atoms with E-state index < -0.39 is 10.0 Å². The smallest absolute Gasteiger partial charge is 0.240 e. The number of aryl methyl sites for hydroxylation is 1. The standard InChI is InChI=1S/C14H24N2O3S/c1-11(2)15-10-13-6-5-12(3)14(9-13)20(17,18)16-7-8-19-4/h5-6,9,11,15-16H,7-8,10H2,1-4H3. The van der Waals surface area contributed by atoms with E-state index in [1.807, 2.05) is 12.1 Å². The number of rotatable bonds is 8. The third-order valence-corrected chi connectivity index (χ3v) is 4.46. The molecule has 0 saturated heterocycles. The zero-order chi connectivity index (χ0) is 15.2. The van der Waals surface area contributed by atoms with E-state index in [9.17, 15) is 8.42 Å². The predicted molar refractivity (Wildman–Crippen MR) is 80.2 cm³/mol. The normalized spacial score (nSPS) is 12.1. The van der Waals surface area contributed by atoms with E-state index >= 15 is 0 Å². The van der Waals surface area contributed by atoms with Gasteiger partial charge in [0.25, 0.3) is 0 Å². The van der Waals surface area contributed by atoms with E-state index in [1.165, 1.54) is 7.11 Å². The minimum atomic E-state index is -3.48. The van der Waals surface area contributed by atoms with Gasteiger partial charge in [-0.25, -0.2) is 13.1 Å². The van der Waals surface area contributed by atoms with E-state index in [0.717, 1.165) is 11.1 Å². The van der Waals surface area contributed by atoms with E-state index in [-0.39, 0.29) is 6.54 Å². The van der Waals surface area contributed by atoms with Crippen molar-refractivity contribution in [2.24, 2.45) is 0 Å². The van der Waals surface area contributed by atoms with Crippen LogP contribution in [0.2, 0.25) is 0 Å². The molecule has 0 radical (unpaired) electrons. The van der Waals surface area contributed by atoms with Crippen molar-refractivity contribution in [3.8, 4) is 0 Å².